The minimum atomic E-state index is -0.278. The lowest BCUT2D eigenvalue weighted by Crippen LogP contribution is -2.09. The fraction of sp³-hybridized carbons (Fsp3) is 0.400. The normalized spacial score (nSPS) is 10.9. The van der Waals surface area contributed by atoms with Crippen LogP contribution in [0.2, 0.25) is 5.02 Å². The van der Waals surface area contributed by atoms with Crippen LogP contribution >= 0.6 is 11.6 Å². The van der Waals surface area contributed by atoms with Crippen molar-refractivity contribution in [3.8, 4) is 5.75 Å². The Morgan fingerprint density at radius 2 is 2.19 bits per heavy atom. The zero-order valence-electron chi connectivity index (χ0n) is 12.4. The Hall–Kier alpha value is -1.59. The highest BCUT2D eigenvalue weighted by atomic mass is 35.5. The van der Waals surface area contributed by atoms with E-state index in [9.17, 15) is 4.39 Å². The number of nitrogens with one attached hydrogen (secondary N) is 1. The van der Waals surface area contributed by atoms with E-state index in [1.165, 1.54) is 12.1 Å². The maximum absolute atomic E-state index is 13.3. The maximum atomic E-state index is 13.3. The van der Waals surface area contributed by atoms with Crippen molar-refractivity contribution in [2.45, 2.75) is 26.5 Å². The molecule has 0 spiro atoms. The van der Waals surface area contributed by atoms with E-state index in [0.29, 0.717) is 23.9 Å². The molecule has 0 fully saturated rings. The van der Waals surface area contributed by atoms with Crippen molar-refractivity contribution >= 4 is 11.6 Å². The summed E-state index contributed by atoms with van der Waals surface area (Å²) < 4.78 is 20.8. The van der Waals surface area contributed by atoms with E-state index >= 15 is 0 Å². The number of halogens is 2. The number of aromatic nitrogens is 2. The molecule has 1 aromatic carbocycles. The third-order valence-electron chi connectivity index (χ3n) is 3.26. The zero-order valence-corrected chi connectivity index (χ0v) is 13.2. The van der Waals surface area contributed by atoms with E-state index in [4.69, 9.17) is 16.3 Å². The van der Waals surface area contributed by atoms with Gasteiger partial charge >= 0.3 is 0 Å². The summed E-state index contributed by atoms with van der Waals surface area (Å²) in [4.78, 5) is 0. The fourth-order valence-electron chi connectivity index (χ4n) is 2.14. The first-order chi connectivity index (χ1) is 10.1. The lowest BCUT2D eigenvalue weighted by molar-refractivity contribution is 0.291. The van der Waals surface area contributed by atoms with Gasteiger partial charge < -0.3 is 10.1 Å². The van der Waals surface area contributed by atoms with E-state index in [0.717, 1.165) is 23.4 Å². The number of aryl methyl sites for hydroxylation is 2. The molecule has 0 bridgehead atoms. The summed E-state index contributed by atoms with van der Waals surface area (Å²) in [5, 5.41) is 7.98. The summed E-state index contributed by atoms with van der Waals surface area (Å²) in [6, 6.07) is 4.48. The summed E-state index contributed by atoms with van der Waals surface area (Å²) in [7, 11) is 3.64. The lowest BCUT2D eigenvalue weighted by Gasteiger charge is -2.12. The third kappa shape index (κ3) is 3.54. The average Bonchev–Trinajstić information content (AvgIpc) is 2.73. The summed E-state index contributed by atoms with van der Waals surface area (Å²) in [5.74, 6) is 0.362. The molecule has 0 aliphatic heterocycles. The molecule has 0 amide bonds. The van der Waals surface area contributed by atoms with Gasteiger partial charge in [-0.15, -0.1) is 0 Å². The van der Waals surface area contributed by atoms with Crippen molar-refractivity contribution in [3.63, 3.8) is 0 Å². The Labute approximate surface area is 128 Å². The predicted molar refractivity (Wildman–Crippen MR) is 81.1 cm³/mol. The van der Waals surface area contributed by atoms with E-state index < -0.39 is 0 Å². The van der Waals surface area contributed by atoms with Crippen LogP contribution in [0, 0.1) is 5.82 Å². The number of benzene rings is 1. The van der Waals surface area contributed by atoms with Crippen LogP contribution in [0.15, 0.2) is 18.2 Å². The van der Waals surface area contributed by atoms with Crippen LogP contribution in [-0.4, -0.2) is 16.8 Å². The highest BCUT2D eigenvalue weighted by Crippen LogP contribution is 2.25. The SMILES string of the molecule is CCc1nn(C)c(COc2ccc(F)cc2CNC)c1Cl. The molecule has 1 N–H and O–H groups in total. The molecular weight excluding hydrogens is 293 g/mol. The number of ether oxygens (including phenoxy) is 1. The van der Waals surface area contributed by atoms with E-state index in [2.05, 4.69) is 10.4 Å². The number of hydrogen-bond donors (Lipinski definition) is 1. The molecule has 2 rings (SSSR count). The topological polar surface area (TPSA) is 39.1 Å². The molecule has 0 aliphatic rings. The fourth-order valence-corrected chi connectivity index (χ4v) is 2.49. The van der Waals surface area contributed by atoms with Gasteiger partial charge in [0.1, 0.15) is 18.2 Å². The lowest BCUT2D eigenvalue weighted by atomic mass is 10.2. The van der Waals surface area contributed by atoms with Crippen molar-refractivity contribution in [2.24, 2.45) is 7.05 Å². The molecule has 2 aromatic rings. The standard InChI is InChI=1S/C15H19ClFN3O/c1-4-12-15(16)13(20(3)19-12)9-21-14-6-5-11(17)7-10(14)8-18-2/h5-7,18H,4,8-9H2,1-3H3. The van der Waals surface area contributed by atoms with Gasteiger partial charge in [-0.3, -0.25) is 4.68 Å². The highest BCUT2D eigenvalue weighted by molar-refractivity contribution is 6.31. The van der Waals surface area contributed by atoms with E-state index in [1.54, 1.807) is 17.8 Å². The molecule has 6 heteroatoms. The van der Waals surface area contributed by atoms with Crippen LogP contribution < -0.4 is 10.1 Å². The molecule has 0 atom stereocenters. The van der Waals surface area contributed by atoms with Crippen molar-refractivity contribution in [3.05, 3.63) is 46.0 Å². The van der Waals surface area contributed by atoms with Crippen molar-refractivity contribution in [1.29, 1.82) is 0 Å². The van der Waals surface area contributed by atoms with Gasteiger partial charge in [0, 0.05) is 19.2 Å². The Bertz CT molecular complexity index is 628. The first-order valence-electron chi connectivity index (χ1n) is 6.82. The molecule has 114 valence electrons. The molecular formula is C15H19ClFN3O. The van der Waals surface area contributed by atoms with Crippen LogP contribution in [0.1, 0.15) is 23.9 Å². The van der Waals surface area contributed by atoms with Crippen LogP contribution in [0.3, 0.4) is 0 Å². The maximum Gasteiger partial charge on any atom is 0.131 e. The Kier molecular flexibility index (Phi) is 5.20. The molecule has 4 nitrogen and oxygen atoms in total. The van der Waals surface area contributed by atoms with Gasteiger partial charge in [-0.1, -0.05) is 18.5 Å². The van der Waals surface area contributed by atoms with Gasteiger partial charge in [0.15, 0.2) is 0 Å². The van der Waals surface area contributed by atoms with Crippen LogP contribution in [-0.2, 0) is 26.6 Å². The molecule has 0 unspecified atom stereocenters. The highest BCUT2D eigenvalue weighted by Gasteiger charge is 2.14. The van der Waals surface area contributed by atoms with Crippen LogP contribution in [0.5, 0.6) is 5.75 Å². The average molecular weight is 312 g/mol. The first-order valence-corrected chi connectivity index (χ1v) is 7.20. The van der Waals surface area contributed by atoms with Gasteiger partial charge in [0.25, 0.3) is 0 Å². The molecule has 1 aromatic heterocycles. The van der Waals surface area contributed by atoms with Crippen LogP contribution in [0.4, 0.5) is 4.39 Å². The Balaban J connectivity index is 2.18. The Morgan fingerprint density at radius 3 is 2.81 bits per heavy atom. The van der Waals surface area contributed by atoms with Crippen molar-refractivity contribution < 1.29 is 9.13 Å². The predicted octanol–water partition coefficient (Wildman–Crippen LogP) is 3.07. The summed E-state index contributed by atoms with van der Waals surface area (Å²) in [6.45, 7) is 2.83. The Morgan fingerprint density at radius 1 is 1.43 bits per heavy atom. The van der Waals surface area contributed by atoms with Gasteiger partial charge in [-0.2, -0.15) is 5.10 Å². The minimum Gasteiger partial charge on any atom is -0.487 e. The second-order valence-corrected chi connectivity index (χ2v) is 5.13. The summed E-state index contributed by atoms with van der Waals surface area (Å²) in [5.41, 5.74) is 2.44. The summed E-state index contributed by atoms with van der Waals surface area (Å²) >= 11 is 6.29. The van der Waals surface area contributed by atoms with Gasteiger partial charge in [0.2, 0.25) is 0 Å². The van der Waals surface area contributed by atoms with E-state index in [1.807, 2.05) is 14.0 Å². The summed E-state index contributed by atoms with van der Waals surface area (Å²) in [6.07, 6.45) is 0.772. The van der Waals surface area contributed by atoms with E-state index in [-0.39, 0.29) is 5.82 Å². The molecule has 0 aliphatic carbocycles. The number of nitrogens with zero attached hydrogens (tertiary/aromatic N) is 2. The number of hydrogen-bond acceptors (Lipinski definition) is 3. The van der Waals surface area contributed by atoms with Crippen molar-refractivity contribution in [2.75, 3.05) is 7.05 Å². The largest absolute Gasteiger partial charge is 0.487 e. The molecule has 0 radical (unpaired) electrons. The molecule has 1 heterocycles. The first kappa shape index (κ1) is 15.8. The van der Waals surface area contributed by atoms with Gasteiger partial charge in [0.05, 0.1) is 16.4 Å². The smallest absolute Gasteiger partial charge is 0.131 e. The van der Waals surface area contributed by atoms with Gasteiger partial charge in [-0.05, 0) is 31.7 Å². The molecule has 0 saturated carbocycles. The molecule has 0 saturated heterocycles. The monoisotopic (exact) mass is 311 g/mol. The van der Waals surface area contributed by atoms with Crippen LogP contribution in [0.25, 0.3) is 0 Å². The third-order valence-corrected chi connectivity index (χ3v) is 3.69. The molecule has 21 heavy (non-hydrogen) atoms. The zero-order chi connectivity index (χ0) is 15.4. The number of rotatable bonds is 6. The van der Waals surface area contributed by atoms with Crippen molar-refractivity contribution in [1.82, 2.24) is 15.1 Å². The minimum absolute atomic E-state index is 0.278. The van der Waals surface area contributed by atoms with Gasteiger partial charge in [-0.25, -0.2) is 4.39 Å². The second-order valence-electron chi connectivity index (χ2n) is 4.76. The second kappa shape index (κ2) is 6.91. The quantitative estimate of drug-likeness (QED) is 0.891.